The first-order valence-electron chi connectivity index (χ1n) is 5.88. The molecule has 2 rings (SSSR count). The highest BCUT2D eigenvalue weighted by Gasteiger charge is 2.26. The van der Waals surface area contributed by atoms with Gasteiger partial charge in [0.25, 0.3) is 0 Å². The van der Waals surface area contributed by atoms with Gasteiger partial charge in [0.05, 0.1) is 0 Å². The molecular weight excluding hydrogens is 208 g/mol. The first kappa shape index (κ1) is 13.1. The van der Waals surface area contributed by atoms with Crippen LogP contribution in [0, 0.1) is 11.6 Å². The largest absolute Gasteiger partial charge is 0.302 e. The third-order valence-corrected chi connectivity index (χ3v) is 2.82. The quantitative estimate of drug-likeness (QED) is 0.748. The van der Waals surface area contributed by atoms with E-state index in [4.69, 9.17) is 0 Å². The highest BCUT2D eigenvalue weighted by molar-refractivity contribution is 5.24. The van der Waals surface area contributed by atoms with Crippen molar-refractivity contribution in [3.8, 4) is 0 Å². The van der Waals surface area contributed by atoms with Gasteiger partial charge in [0.1, 0.15) is 0 Å². The van der Waals surface area contributed by atoms with Gasteiger partial charge in [-0.05, 0) is 24.2 Å². The van der Waals surface area contributed by atoms with Gasteiger partial charge in [0.15, 0.2) is 11.6 Å². The van der Waals surface area contributed by atoms with Crippen molar-refractivity contribution in [2.75, 3.05) is 19.6 Å². The van der Waals surface area contributed by atoms with E-state index in [1.54, 1.807) is 6.07 Å². The van der Waals surface area contributed by atoms with E-state index in [9.17, 15) is 8.78 Å². The van der Waals surface area contributed by atoms with Crippen LogP contribution in [0.4, 0.5) is 8.78 Å². The predicted molar refractivity (Wildman–Crippen MR) is 62.6 cm³/mol. The Balaban J connectivity index is 0.000000606. The summed E-state index contributed by atoms with van der Waals surface area (Å²) < 4.78 is 25.5. The molecule has 0 amide bonds. The van der Waals surface area contributed by atoms with E-state index in [1.807, 2.05) is 13.8 Å². The van der Waals surface area contributed by atoms with Crippen LogP contribution in [0.25, 0.3) is 0 Å². The van der Waals surface area contributed by atoms with E-state index in [0.717, 1.165) is 25.2 Å². The number of hydrogen-bond donors (Lipinski definition) is 0. The van der Waals surface area contributed by atoms with Gasteiger partial charge in [0, 0.05) is 19.0 Å². The first-order chi connectivity index (χ1) is 7.70. The summed E-state index contributed by atoms with van der Waals surface area (Å²) in [6, 6.07) is 4.20. The van der Waals surface area contributed by atoms with Crippen molar-refractivity contribution in [2.45, 2.75) is 26.7 Å². The summed E-state index contributed by atoms with van der Waals surface area (Å²) in [6.45, 7) is 9.05. The lowest BCUT2D eigenvalue weighted by Crippen LogP contribution is -2.44. The molecular formula is C13H19F2N. The van der Waals surface area contributed by atoms with Crippen molar-refractivity contribution in [3.05, 3.63) is 35.4 Å². The van der Waals surface area contributed by atoms with Gasteiger partial charge in [-0.15, -0.1) is 0 Å². The van der Waals surface area contributed by atoms with Crippen LogP contribution in [0.2, 0.25) is 0 Å². The summed E-state index contributed by atoms with van der Waals surface area (Å²) in [6.07, 6.45) is 0. The van der Waals surface area contributed by atoms with E-state index < -0.39 is 11.6 Å². The van der Waals surface area contributed by atoms with E-state index >= 15 is 0 Å². The Morgan fingerprint density at radius 3 is 2.31 bits per heavy atom. The van der Waals surface area contributed by atoms with E-state index in [1.165, 1.54) is 12.1 Å². The van der Waals surface area contributed by atoms with Crippen LogP contribution >= 0.6 is 0 Å². The molecule has 1 heterocycles. The molecule has 0 unspecified atom stereocenters. The van der Waals surface area contributed by atoms with Gasteiger partial charge in [-0.1, -0.05) is 26.8 Å². The predicted octanol–water partition coefficient (Wildman–Crippen LogP) is 3.41. The summed E-state index contributed by atoms with van der Waals surface area (Å²) in [4.78, 5) is 2.27. The minimum atomic E-state index is -0.763. The molecule has 90 valence electrons. The van der Waals surface area contributed by atoms with Gasteiger partial charge in [-0.2, -0.15) is 0 Å². The van der Waals surface area contributed by atoms with Crippen molar-refractivity contribution in [1.29, 1.82) is 0 Å². The first-order valence-corrected chi connectivity index (χ1v) is 5.88. The van der Waals surface area contributed by atoms with Crippen molar-refractivity contribution < 1.29 is 8.78 Å². The third-order valence-electron chi connectivity index (χ3n) is 2.82. The molecule has 0 atom stereocenters. The molecule has 1 nitrogen and oxygen atoms in total. The Kier molecular flexibility index (Phi) is 4.87. The molecule has 0 saturated carbocycles. The summed E-state index contributed by atoms with van der Waals surface area (Å²) in [5, 5.41) is 0. The van der Waals surface area contributed by atoms with Gasteiger partial charge in [-0.25, -0.2) is 8.78 Å². The average molecular weight is 227 g/mol. The van der Waals surface area contributed by atoms with Crippen molar-refractivity contribution in [3.63, 3.8) is 0 Å². The molecule has 0 radical (unpaired) electrons. The highest BCUT2D eigenvalue weighted by Crippen LogP contribution is 2.27. The number of benzene rings is 1. The Morgan fingerprint density at radius 2 is 1.81 bits per heavy atom. The maximum atomic E-state index is 12.9. The van der Waals surface area contributed by atoms with E-state index in [-0.39, 0.29) is 0 Å². The second kappa shape index (κ2) is 5.94. The molecule has 0 bridgehead atoms. The standard InChI is InChI=1S/C11H13F2N.C2H6/c1-2-14-6-9(7-14)8-3-4-10(12)11(13)5-8;1-2/h3-5,9H,2,6-7H2,1H3;1-2H3. The van der Waals surface area contributed by atoms with Crippen LogP contribution < -0.4 is 0 Å². The number of likely N-dealkylation sites (N-methyl/N-ethyl adjacent to an activating group) is 1. The molecule has 1 aromatic rings. The molecule has 1 aromatic carbocycles. The lowest BCUT2D eigenvalue weighted by atomic mass is 9.91. The zero-order chi connectivity index (χ0) is 12.1. The maximum Gasteiger partial charge on any atom is 0.159 e. The van der Waals surface area contributed by atoms with Crippen LogP contribution in [0.3, 0.4) is 0 Å². The molecule has 1 fully saturated rings. The van der Waals surface area contributed by atoms with Crippen molar-refractivity contribution in [1.82, 2.24) is 4.90 Å². The normalized spacial score (nSPS) is 16.3. The van der Waals surface area contributed by atoms with Gasteiger partial charge in [-0.3, -0.25) is 0 Å². The highest BCUT2D eigenvalue weighted by atomic mass is 19.2. The number of likely N-dealkylation sites (tertiary alicyclic amines) is 1. The van der Waals surface area contributed by atoms with E-state index in [2.05, 4.69) is 11.8 Å². The molecule has 1 saturated heterocycles. The lowest BCUT2D eigenvalue weighted by Gasteiger charge is -2.38. The van der Waals surface area contributed by atoms with Gasteiger partial charge >= 0.3 is 0 Å². The maximum absolute atomic E-state index is 12.9. The molecule has 1 aliphatic rings. The van der Waals surface area contributed by atoms with Crippen molar-refractivity contribution in [2.24, 2.45) is 0 Å². The fourth-order valence-corrected chi connectivity index (χ4v) is 1.81. The Labute approximate surface area is 96.1 Å². The lowest BCUT2D eigenvalue weighted by molar-refractivity contribution is 0.157. The SMILES string of the molecule is CC.CCN1CC(c2ccc(F)c(F)c2)C1. The molecule has 16 heavy (non-hydrogen) atoms. The van der Waals surface area contributed by atoms with Gasteiger partial charge < -0.3 is 4.90 Å². The Morgan fingerprint density at radius 1 is 1.19 bits per heavy atom. The fraction of sp³-hybridized carbons (Fsp3) is 0.538. The van der Waals surface area contributed by atoms with Crippen LogP contribution in [0.5, 0.6) is 0 Å². The van der Waals surface area contributed by atoms with Crippen LogP contribution in [0.1, 0.15) is 32.3 Å². The monoisotopic (exact) mass is 227 g/mol. The summed E-state index contributed by atoms with van der Waals surface area (Å²) in [5.41, 5.74) is 0.911. The van der Waals surface area contributed by atoms with Crippen LogP contribution in [-0.2, 0) is 0 Å². The van der Waals surface area contributed by atoms with E-state index in [0.29, 0.717) is 5.92 Å². The molecule has 0 spiro atoms. The molecule has 0 aromatic heterocycles. The van der Waals surface area contributed by atoms with Gasteiger partial charge in [0.2, 0.25) is 0 Å². The molecule has 0 aliphatic carbocycles. The number of hydrogen-bond acceptors (Lipinski definition) is 1. The Hall–Kier alpha value is -0.960. The summed E-state index contributed by atoms with van der Waals surface area (Å²) in [5.74, 6) is -1.12. The fourth-order valence-electron chi connectivity index (χ4n) is 1.81. The van der Waals surface area contributed by atoms with Crippen LogP contribution in [-0.4, -0.2) is 24.5 Å². The van der Waals surface area contributed by atoms with Crippen LogP contribution in [0.15, 0.2) is 18.2 Å². The second-order valence-electron chi connectivity index (χ2n) is 3.72. The minimum absolute atomic E-state index is 0.380. The average Bonchev–Trinajstić information content (AvgIpc) is 2.25. The second-order valence-corrected chi connectivity index (χ2v) is 3.72. The third kappa shape index (κ3) is 2.79. The number of nitrogens with zero attached hydrogens (tertiary/aromatic N) is 1. The molecule has 1 aliphatic heterocycles. The minimum Gasteiger partial charge on any atom is -0.302 e. The number of rotatable bonds is 2. The Bertz CT molecular complexity index is 333. The van der Waals surface area contributed by atoms with Crippen molar-refractivity contribution >= 4 is 0 Å². The molecule has 3 heteroatoms. The zero-order valence-corrected chi connectivity index (χ0v) is 10.1. The summed E-state index contributed by atoms with van der Waals surface area (Å²) in [7, 11) is 0. The smallest absolute Gasteiger partial charge is 0.159 e. The topological polar surface area (TPSA) is 3.24 Å². The summed E-state index contributed by atoms with van der Waals surface area (Å²) >= 11 is 0. The number of halogens is 2. The molecule has 0 N–H and O–H groups in total. The zero-order valence-electron chi connectivity index (χ0n) is 10.1.